The van der Waals surface area contributed by atoms with Crippen LogP contribution in [-0.4, -0.2) is 64.6 Å². The van der Waals surface area contributed by atoms with Crippen LogP contribution in [0.25, 0.3) is 0 Å². The molecule has 90 valence electrons. The van der Waals surface area contributed by atoms with Crippen molar-refractivity contribution in [1.29, 1.82) is 0 Å². The number of hydrogen-bond donors (Lipinski definition) is 1. The average Bonchev–Trinajstić information content (AvgIpc) is 2.63. The molecule has 1 aliphatic rings. The predicted octanol–water partition coefficient (Wildman–Crippen LogP) is 0.333. The highest BCUT2D eigenvalue weighted by atomic mass is 16.5. The summed E-state index contributed by atoms with van der Waals surface area (Å²) in [6.45, 7) is 5.76. The Bertz CT molecular complexity index is 156. The molecule has 0 aromatic heterocycles. The zero-order valence-corrected chi connectivity index (χ0v) is 10.00. The Morgan fingerprint density at radius 3 is 2.87 bits per heavy atom. The number of likely N-dealkylation sites (tertiary alicyclic amines) is 1. The van der Waals surface area contributed by atoms with Crippen molar-refractivity contribution in [2.45, 2.75) is 18.9 Å². The van der Waals surface area contributed by atoms with Crippen LogP contribution in [-0.2, 0) is 9.47 Å². The van der Waals surface area contributed by atoms with Crippen LogP contribution in [0, 0.1) is 0 Å². The highest BCUT2D eigenvalue weighted by Gasteiger charge is 2.17. The summed E-state index contributed by atoms with van der Waals surface area (Å²) in [6.07, 6.45) is 2.25. The van der Waals surface area contributed by atoms with Crippen molar-refractivity contribution in [2.24, 2.45) is 0 Å². The lowest BCUT2D eigenvalue weighted by Gasteiger charge is -2.12. The maximum Gasteiger partial charge on any atom is 0.0591 e. The van der Waals surface area contributed by atoms with Gasteiger partial charge in [0.15, 0.2) is 0 Å². The summed E-state index contributed by atoms with van der Waals surface area (Å²) in [5, 5.41) is 3.50. The molecule has 1 aliphatic heterocycles. The Morgan fingerprint density at radius 2 is 2.20 bits per heavy atom. The molecule has 1 heterocycles. The fourth-order valence-corrected chi connectivity index (χ4v) is 1.84. The van der Waals surface area contributed by atoms with E-state index in [0.717, 1.165) is 32.8 Å². The summed E-state index contributed by atoms with van der Waals surface area (Å²) in [5.41, 5.74) is 0. The fraction of sp³-hybridized carbons (Fsp3) is 1.00. The van der Waals surface area contributed by atoms with Gasteiger partial charge in [-0.3, -0.25) is 0 Å². The third kappa shape index (κ3) is 6.10. The van der Waals surface area contributed by atoms with Crippen LogP contribution in [0.2, 0.25) is 0 Å². The van der Waals surface area contributed by atoms with Gasteiger partial charge in [-0.15, -0.1) is 0 Å². The minimum absolute atomic E-state index is 0.664. The standard InChI is InChI=1S/C11H24N2O2/c1-13-6-4-11(10-13)12-5-9-15-8-3-7-14-2/h11-12H,3-10H2,1-2H3. The van der Waals surface area contributed by atoms with E-state index in [-0.39, 0.29) is 0 Å². The molecule has 0 bridgehead atoms. The van der Waals surface area contributed by atoms with Crippen molar-refractivity contribution < 1.29 is 9.47 Å². The van der Waals surface area contributed by atoms with Gasteiger partial charge in [0.05, 0.1) is 6.61 Å². The normalized spacial score (nSPS) is 22.4. The summed E-state index contributed by atoms with van der Waals surface area (Å²) < 4.78 is 10.4. The molecule has 0 saturated carbocycles. The van der Waals surface area contributed by atoms with E-state index < -0.39 is 0 Å². The van der Waals surface area contributed by atoms with Gasteiger partial charge in [0.2, 0.25) is 0 Å². The highest BCUT2D eigenvalue weighted by molar-refractivity contribution is 4.78. The van der Waals surface area contributed by atoms with E-state index in [0.29, 0.717) is 6.04 Å². The van der Waals surface area contributed by atoms with Gasteiger partial charge < -0.3 is 19.7 Å². The molecule has 1 unspecified atom stereocenters. The molecular formula is C11H24N2O2. The molecule has 1 rings (SSSR count). The molecule has 0 amide bonds. The van der Waals surface area contributed by atoms with Crippen molar-refractivity contribution >= 4 is 0 Å². The van der Waals surface area contributed by atoms with Crippen LogP contribution < -0.4 is 5.32 Å². The molecule has 1 atom stereocenters. The third-order valence-corrected chi connectivity index (χ3v) is 2.71. The van der Waals surface area contributed by atoms with Crippen molar-refractivity contribution in [3.05, 3.63) is 0 Å². The summed E-state index contributed by atoms with van der Waals surface area (Å²) in [4.78, 5) is 2.36. The van der Waals surface area contributed by atoms with Crippen molar-refractivity contribution in [3.8, 4) is 0 Å². The lowest BCUT2D eigenvalue weighted by Crippen LogP contribution is -2.33. The number of nitrogens with one attached hydrogen (secondary N) is 1. The number of methoxy groups -OCH3 is 1. The molecule has 0 spiro atoms. The molecule has 4 nitrogen and oxygen atoms in total. The summed E-state index contributed by atoms with van der Waals surface area (Å²) in [6, 6.07) is 0.664. The monoisotopic (exact) mass is 216 g/mol. The van der Waals surface area contributed by atoms with E-state index in [2.05, 4.69) is 17.3 Å². The van der Waals surface area contributed by atoms with E-state index in [9.17, 15) is 0 Å². The van der Waals surface area contributed by atoms with Gasteiger partial charge in [-0.25, -0.2) is 0 Å². The van der Waals surface area contributed by atoms with E-state index >= 15 is 0 Å². The second kappa shape index (κ2) is 8.05. The van der Waals surface area contributed by atoms with E-state index in [1.54, 1.807) is 7.11 Å². The third-order valence-electron chi connectivity index (χ3n) is 2.71. The Morgan fingerprint density at radius 1 is 1.33 bits per heavy atom. The van der Waals surface area contributed by atoms with E-state index in [1.165, 1.54) is 19.5 Å². The molecule has 1 fully saturated rings. The first-order valence-electron chi connectivity index (χ1n) is 5.81. The predicted molar refractivity (Wildman–Crippen MR) is 61.2 cm³/mol. The Labute approximate surface area is 92.9 Å². The first-order valence-corrected chi connectivity index (χ1v) is 5.81. The zero-order valence-electron chi connectivity index (χ0n) is 10.00. The lowest BCUT2D eigenvalue weighted by molar-refractivity contribution is 0.103. The minimum Gasteiger partial charge on any atom is -0.385 e. The van der Waals surface area contributed by atoms with Crippen LogP contribution in [0.15, 0.2) is 0 Å². The number of likely N-dealkylation sites (N-methyl/N-ethyl adjacent to an activating group) is 1. The van der Waals surface area contributed by atoms with Crippen LogP contribution in [0.5, 0.6) is 0 Å². The van der Waals surface area contributed by atoms with Crippen LogP contribution in [0.4, 0.5) is 0 Å². The quantitative estimate of drug-likeness (QED) is 0.593. The Kier molecular flexibility index (Phi) is 6.92. The minimum atomic E-state index is 0.664. The molecule has 0 aromatic rings. The number of hydrogen-bond acceptors (Lipinski definition) is 4. The molecule has 0 aliphatic carbocycles. The first kappa shape index (κ1) is 12.9. The van der Waals surface area contributed by atoms with Crippen LogP contribution >= 0.6 is 0 Å². The average molecular weight is 216 g/mol. The highest BCUT2D eigenvalue weighted by Crippen LogP contribution is 2.05. The second-order valence-corrected chi connectivity index (χ2v) is 4.16. The van der Waals surface area contributed by atoms with Crippen molar-refractivity contribution in [3.63, 3.8) is 0 Å². The van der Waals surface area contributed by atoms with Crippen LogP contribution in [0.3, 0.4) is 0 Å². The fourth-order valence-electron chi connectivity index (χ4n) is 1.84. The maximum atomic E-state index is 5.47. The molecule has 0 aromatic carbocycles. The van der Waals surface area contributed by atoms with Gasteiger partial charge in [-0.1, -0.05) is 0 Å². The maximum absolute atomic E-state index is 5.47. The van der Waals surface area contributed by atoms with E-state index in [1.807, 2.05) is 0 Å². The molecule has 15 heavy (non-hydrogen) atoms. The second-order valence-electron chi connectivity index (χ2n) is 4.16. The Balaban J connectivity index is 1.81. The summed E-state index contributed by atoms with van der Waals surface area (Å²) >= 11 is 0. The van der Waals surface area contributed by atoms with Gasteiger partial charge in [0.25, 0.3) is 0 Å². The van der Waals surface area contributed by atoms with Gasteiger partial charge >= 0.3 is 0 Å². The smallest absolute Gasteiger partial charge is 0.0591 e. The Hall–Kier alpha value is -0.160. The largest absolute Gasteiger partial charge is 0.385 e. The topological polar surface area (TPSA) is 33.7 Å². The van der Waals surface area contributed by atoms with Gasteiger partial charge in [0.1, 0.15) is 0 Å². The van der Waals surface area contributed by atoms with Gasteiger partial charge in [-0.2, -0.15) is 0 Å². The summed E-state index contributed by atoms with van der Waals surface area (Å²) in [5.74, 6) is 0. The van der Waals surface area contributed by atoms with Gasteiger partial charge in [-0.05, 0) is 26.4 Å². The first-order chi connectivity index (χ1) is 7.33. The molecular weight excluding hydrogens is 192 g/mol. The molecule has 4 heteroatoms. The molecule has 1 N–H and O–H groups in total. The summed E-state index contributed by atoms with van der Waals surface area (Å²) in [7, 11) is 3.89. The molecule has 0 radical (unpaired) electrons. The molecule has 1 saturated heterocycles. The van der Waals surface area contributed by atoms with E-state index in [4.69, 9.17) is 9.47 Å². The van der Waals surface area contributed by atoms with Crippen LogP contribution in [0.1, 0.15) is 12.8 Å². The van der Waals surface area contributed by atoms with Crippen molar-refractivity contribution in [1.82, 2.24) is 10.2 Å². The van der Waals surface area contributed by atoms with Gasteiger partial charge in [0, 0.05) is 39.5 Å². The SMILES string of the molecule is COCCCOCCNC1CCN(C)C1. The number of ether oxygens (including phenoxy) is 2. The number of rotatable bonds is 8. The lowest BCUT2D eigenvalue weighted by atomic mass is 10.3. The zero-order chi connectivity index (χ0) is 10.9. The van der Waals surface area contributed by atoms with Crippen molar-refractivity contribution in [2.75, 3.05) is 53.6 Å². The number of nitrogens with zero attached hydrogens (tertiary/aromatic N) is 1.